The quantitative estimate of drug-likeness (QED) is 0.298. The summed E-state index contributed by atoms with van der Waals surface area (Å²) in [6.07, 6.45) is 11.7. The summed E-state index contributed by atoms with van der Waals surface area (Å²) < 4.78 is 10.9. The van der Waals surface area contributed by atoms with E-state index in [2.05, 4.69) is 19.1 Å². The van der Waals surface area contributed by atoms with Gasteiger partial charge in [0.15, 0.2) is 6.29 Å². The van der Waals surface area contributed by atoms with Gasteiger partial charge in [0.2, 0.25) is 0 Å². The van der Waals surface area contributed by atoms with Crippen molar-refractivity contribution < 1.29 is 9.47 Å². The second-order valence-electron chi connectivity index (χ2n) is 3.88. The number of ether oxygens (including phenoxy) is 2. The molecule has 0 aromatic rings. The van der Waals surface area contributed by atoms with Gasteiger partial charge in [-0.3, -0.25) is 0 Å². The Labute approximate surface area is 101 Å². The molecule has 2 nitrogen and oxygen atoms in total. The summed E-state index contributed by atoms with van der Waals surface area (Å²) in [5.74, 6) is 0. The molecule has 0 aliphatic rings. The third-order valence-corrected chi connectivity index (χ3v) is 2.42. The van der Waals surface area contributed by atoms with Crippen molar-refractivity contribution in [3.63, 3.8) is 0 Å². The van der Waals surface area contributed by atoms with Gasteiger partial charge in [0.25, 0.3) is 0 Å². The van der Waals surface area contributed by atoms with Crippen LogP contribution in [-0.4, -0.2) is 19.5 Å². The van der Waals surface area contributed by atoms with Crippen LogP contribution in [0.5, 0.6) is 0 Å². The van der Waals surface area contributed by atoms with Crippen molar-refractivity contribution in [2.24, 2.45) is 0 Å². The topological polar surface area (TPSA) is 18.5 Å². The van der Waals surface area contributed by atoms with Crippen molar-refractivity contribution >= 4 is 0 Å². The van der Waals surface area contributed by atoms with Crippen LogP contribution >= 0.6 is 0 Å². The van der Waals surface area contributed by atoms with E-state index in [1.54, 1.807) is 0 Å². The molecular weight excluding hydrogens is 200 g/mol. The second kappa shape index (κ2) is 12.7. The third kappa shape index (κ3) is 10.2. The summed E-state index contributed by atoms with van der Waals surface area (Å²) in [6, 6.07) is 0. The maximum Gasteiger partial charge on any atom is 0.157 e. The molecule has 0 heterocycles. The molecule has 0 fully saturated rings. The lowest BCUT2D eigenvalue weighted by Gasteiger charge is -2.15. The summed E-state index contributed by atoms with van der Waals surface area (Å²) in [4.78, 5) is 0. The van der Waals surface area contributed by atoms with Gasteiger partial charge in [0, 0.05) is 19.6 Å². The second-order valence-corrected chi connectivity index (χ2v) is 3.88. The normalized spacial score (nSPS) is 11.8. The molecule has 0 aliphatic carbocycles. The van der Waals surface area contributed by atoms with E-state index in [-0.39, 0.29) is 6.29 Å². The lowest BCUT2D eigenvalue weighted by atomic mass is 10.2. The fourth-order valence-electron chi connectivity index (χ4n) is 1.57. The third-order valence-electron chi connectivity index (χ3n) is 2.42. The number of allylic oxidation sites excluding steroid dienone is 2. The van der Waals surface area contributed by atoms with Crippen LogP contribution in [-0.2, 0) is 9.47 Å². The zero-order valence-electron chi connectivity index (χ0n) is 11.2. The van der Waals surface area contributed by atoms with Crippen LogP contribution in [0.1, 0.15) is 59.3 Å². The Bertz CT molecular complexity index is 149. The fourth-order valence-corrected chi connectivity index (χ4v) is 1.57. The van der Waals surface area contributed by atoms with Gasteiger partial charge in [0.05, 0.1) is 0 Å². The summed E-state index contributed by atoms with van der Waals surface area (Å²) in [7, 11) is 0. The van der Waals surface area contributed by atoms with Gasteiger partial charge in [-0.25, -0.2) is 0 Å². The average Bonchev–Trinajstić information content (AvgIpc) is 2.28. The molecule has 0 unspecified atom stereocenters. The standard InChI is InChI=1S/C14H28O2/c1-4-7-8-9-10-11-12-13-14(15-5-2)16-6-3/h10-11,14H,4-9,12-13H2,1-3H3. The van der Waals surface area contributed by atoms with Gasteiger partial charge >= 0.3 is 0 Å². The Morgan fingerprint density at radius 3 is 2.06 bits per heavy atom. The molecule has 96 valence electrons. The molecule has 0 saturated heterocycles. The molecule has 0 aliphatic heterocycles. The van der Waals surface area contributed by atoms with Crippen molar-refractivity contribution in [3.05, 3.63) is 12.2 Å². The van der Waals surface area contributed by atoms with Crippen molar-refractivity contribution in [3.8, 4) is 0 Å². The molecule has 2 heteroatoms. The molecule has 0 N–H and O–H groups in total. The van der Waals surface area contributed by atoms with Crippen molar-refractivity contribution in [2.75, 3.05) is 13.2 Å². The van der Waals surface area contributed by atoms with Crippen LogP contribution in [0.15, 0.2) is 12.2 Å². The lowest BCUT2D eigenvalue weighted by Crippen LogP contribution is -2.16. The first-order valence-corrected chi connectivity index (χ1v) is 6.73. The monoisotopic (exact) mass is 228 g/mol. The SMILES string of the molecule is CCCCCC=CCCC(OCC)OCC. The molecule has 0 atom stereocenters. The zero-order valence-corrected chi connectivity index (χ0v) is 11.2. The van der Waals surface area contributed by atoms with Gasteiger partial charge < -0.3 is 9.47 Å². The zero-order chi connectivity index (χ0) is 12.1. The highest BCUT2D eigenvalue weighted by Crippen LogP contribution is 2.06. The molecule has 0 aromatic heterocycles. The van der Waals surface area contributed by atoms with E-state index >= 15 is 0 Å². The molecule has 0 saturated carbocycles. The highest BCUT2D eigenvalue weighted by Gasteiger charge is 2.05. The predicted molar refractivity (Wildman–Crippen MR) is 69.6 cm³/mol. The fraction of sp³-hybridized carbons (Fsp3) is 0.857. The van der Waals surface area contributed by atoms with Crippen molar-refractivity contribution in [2.45, 2.75) is 65.6 Å². The van der Waals surface area contributed by atoms with Crippen LogP contribution in [0.2, 0.25) is 0 Å². The Balaban J connectivity index is 3.44. The molecule has 0 rings (SSSR count). The number of unbranched alkanes of at least 4 members (excludes halogenated alkanes) is 3. The number of hydrogen-bond donors (Lipinski definition) is 0. The molecule has 0 radical (unpaired) electrons. The maximum atomic E-state index is 5.47. The average molecular weight is 228 g/mol. The summed E-state index contributed by atoms with van der Waals surface area (Å²) in [5.41, 5.74) is 0. The van der Waals surface area contributed by atoms with Gasteiger partial charge in [-0.1, -0.05) is 31.9 Å². The van der Waals surface area contributed by atoms with E-state index in [0.717, 1.165) is 26.1 Å². The summed E-state index contributed by atoms with van der Waals surface area (Å²) in [5, 5.41) is 0. The van der Waals surface area contributed by atoms with E-state index in [0.29, 0.717) is 0 Å². The van der Waals surface area contributed by atoms with Gasteiger partial charge in [0.1, 0.15) is 0 Å². The van der Waals surface area contributed by atoms with Crippen molar-refractivity contribution in [1.82, 2.24) is 0 Å². The minimum atomic E-state index is -0.0182. The van der Waals surface area contributed by atoms with Crippen molar-refractivity contribution in [1.29, 1.82) is 0 Å². The first-order valence-electron chi connectivity index (χ1n) is 6.73. The minimum absolute atomic E-state index is 0.0182. The van der Waals surface area contributed by atoms with E-state index in [1.807, 2.05) is 13.8 Å². The summed E-state index contributed by atoms with van der Waals surface area (Å²) in [6.45, 7) is 7.70. The maximum absolute atomic E-state index is 5.47. The Morgan fingerprint density at radius 1 is 0.875 bits per heavy atom. The molecule has 0 aromatic carbocycles. The van der Waals surface area contributed by atoms with E-state index in [1.165, 1.54) is 25.7 Å². The van der Waals surface area contributed by atoms with Gasteiger partial charge in [-0.15, -0.1) is 0 Å². The first kappa shape index (κ1) is 15.7. The molecule has 16 heavy (non-hydrogen) atoms. The van der Waals surface area contributed by atoms with Gasteiger partial charge in [-0.2, -0.15) is 0 Å². The molecule has 0 bridgehead atoms. The highest BCUT2D eigenvalue weighted by molar-refractivity contribution is 4.81. The highest BCUT2D eigenvalue weighted by atomic mass is 16.7. The Kier molecular flexibility index (Phi) is 12.5. The van der Waals surface area contributed by atoms with E-state index in [4.69, 9.17) is 9.47 Å². The van der Waals surface area contributed by atoms with E-state index < -0.39 is 0 Å². The smallest absolute Gasteiger partial charge is 0.157 e. The van der Waals surface area contributed by atoms with Crippen LogP contribution in [0.25, 0.3) is 0 Å². The number of hydrogen-bond acceptors (Lipinski definition) is 2. The van der Waals surface area contributed by atoms with Crippen LogP contribution < -0.4 is 0 Å². The largest absolute Gasteiger partial charge is 0.353 e. The molecular formula is C14H28O2. The van der Waals surface area contributed by atoms with E-state index in [9.17, 15) is 0 Å². The minimum Gasteiger partial charge on any atom is -0.353 e. The predicted octanol–water partition coefficient (Wildman–Crippen LogP) is 4.30. The first-order chi connectivity index (χ1) is 7.85. The molecule has 0 spiro atoms. The Morgan fingerprint density at radius 2 is 1.50 bits per heavy atom. The summed E-state index contributed by atoms with van der Waals surface area (Å²) >= 11 is 0. The lowest BCUT2D eigenvalue weighted by molar-refractivity contribution is -0.138. The Hall–Kier alpha value is -0.340. The van der Waals surface area contributed by atoms with Crippen LogP contribution in [0.4, 0.5) is 0 Å². The number of rotatable bonds is 11. The molecule has 0 amide bonds. The van der Waals surface area contributed by atoms with Crippen LogP contribution in [0, 0.1) is 0 Å². The van der Waals surface area contributed by atoms with Crippen LogP contribution in [0.3, 0.4) is 0 Å². The van der Waals surface area contributed by atoms with Gasteiger partial charge in [-0.05, 0) is 33.1 Å².